The van der Waals surface area contributed by atoms with Gasteiger partial charge in [-0.05, 0) is 48.4 Å². The van der Waals surface area contributed by atoms with Gasteiger partial charge in [0.25, 0.3) is 0 Å². The van der Waals surface area contributed by atoms with E-state index in [0.717, 1.165) is 4.47 Å². The van der Waals surface area contributed by atoms with E-state index in [1.54, 1.807) is 5.57 Å². The highest BCUT2D eigenvalue weighted by Crippen LogP contribution is 2.33. The molecule has 2 aromatic carbocycles. The summed E-state index contributed by atoms with van der Waals surface area (Å²) < 4.78 is 1.14. The Hall–Kier alpha value is -1.60. The van der Waals surface area contributed by atoms with Gasteiger partial charge in [0.15, 0.2) is 0 Å². The maximum atomic E-state index is 3.48. The predicted molar refractivity (Wildman–Crippen MR) is 94.9 cm³/mol. The molecule has 1 saturated carbocycles. The highest BCUT2D eigenvalue weighted by Gasteiger charge is 2.16. The molecule has 0 nitrogen and oxygen atoms in total. The van der Waals surface area contributed by atoms with Crippen LogP contribution in [0.5, 0.6) is 0 Å². The van der Waals surface area contributed by atoms with Gasteiger partial charge >= 0.3 is 0 Å². The molecule has 3 rings (SSSR count). The number of allylic oxidation sites excluding steroid dienone is 2. The maximum absolute atomic E-state index is 3.48. The molecule has 1 aliphatic rings. The summed E-state index contributed by atoms with van der Waals surface area (Å²) in [5.41, 5.74) is 4.17. The molecule has 1 atom stereocenters. The number of benzene rings is 2. The van der Waals surface area contributed by atoms with E-state index in [9.17, 15) is 0 Å². The van der Waals surface area contributed by atoms with E-state index >= 15 is 0 Å². The van der Waals surface area contributed by atoms with Crippen molar-refractivity contribution in [2.45, 2.75) is 19.3 Å². The molecule has 0 aliphatic heterocycles. The fourth-order valence-electron chi connectivity index (χ4n) is 2.81. The minimum atomic E-state index is 0.687. The van der Waals surface area contributed by atoms with Crippen molar-refractivity contribution in [2.24, 2.45) is 5.92 Å². The molecule has 0 spiro atoms. The van der Waals surface area contributed by atoms with E-state index in [-0.39, 0.29) is 0 Å². The summed E-state index contributed by atoms with van der Waals surface area (Å²) >= 11 is 3.48. The van der Waals surface area contributed by atoms with Gasteiger partial charge in [-0.3, -0.25) is 0 Å². The summed E-state index contributed by atoms with van der Waals surface area (Å²) in [5.74, 6) is 0.687. The molecule has 1 aliphatic carbocycles. The Morgan fingerprint density at radius 2 is 1.67 bits per heavy atom. The molecule has 106 valence electrons. The lowest BCUT2D eigenvalue weighted by molar-refractivity contribution is 0.697. The normalized spacial score (nSPS) is 20.4. The zero-order chi connectivity index (χ0) is 14.5. The van der Waals surface area contributed by atoms with Crippen molar-refractivity contribution < 1.29 is 0 Å². The molecule has 2 aromatic rings. The fourth-order valence-corrected chi connectivity index (χ4v) is 3.08. The van der Waals surface area contributed by atoms with E-state index in [2.05, 4.69) is 88.8 Å². The third kappa shape index (κ3) is 4.18. The van der Waals surface area contributed by atoms with Gasteiger partial charge in [0.1, 0.15) is 0 Å². The highest BCUT2D eigenvalue weighted by molar-refractivity contribution is 9.10. The van der Waals surface area contributed by atoms with Gasteiger partial charge in [0, 0.05) is 4.47 Å². The Balaban J connectivity index is 1.63. The van der Waals surface area contributed by atoms with Gasteiger partial charge in [-0.1, -0.05) is 82.2 Å². The zero-order valence-corrected chi connectivity index (χ0v) is 13.6. The van der Waals surface area contributed by atoms with Crippen LogP contribution >= 0.6 is 15.9 Å². The molecule has 1 fully saturated rings. The van der Waals surface area contributed by atoms with Crippen LogP contribution in [0.2, 0.25) is 0 Å². The summed E-state index contributed by atoms with van der Waals surface area (Å²) in [6.45, 7) is 0. The lowest BCUT2D eigenvalue weighted by atomic mass is 10.0. The van der Waals surface area contributed by atoms with Crippen LogP contribution in [-0.4, -0.2) is 0 Å². The van der Waals surface area contributed by atoms with Crippen LogP contribution in [0.25, 0.3) is 12.2 Å². The molecule has 1 unspecified atom stereocenters. The molecule has 0 radical (unpaired) electrons. The molecule has 0 saturated heterocycles. The van der Waals surface area contributed by atoms with Crippen LogP contribution in [0.1, 0.15) is 30.4 Å². The summed E-state index contributed by atoms with van der Waals surface area (Å²) in [5, 5.41) is 0. The SMILES string of the molecule is Brc1ccc(/C=C2/CCC(/C=C\c3ccccc3)C2)cc1. The zero-order valence-electron chi connectivity index (χ0n) is 12.0. The average molecular weight is 339 g/mol. The molecule has 1 heteroatoms. The van der Waals surface area contributed by atoms with Crippen LogP contribution in [0, 0.1) is 5.92 Å². The van der Waals surface area contributed by atoms with Crippen molar-refractivity contribution in [1.29, 1.82) is 0 Å². The maximum Gasteiger partial charge on any atom is 0.0175 e. The van der Waals surface area contributed by atoms with Crippen molar-refractivity contribution >= 4 is 28.1 Å². The summed E-state index contributed by atoms with van der Waals surface area (Å²) in [7, 11) is 0. The third-order valence-electron chi connectivity index (χ3n) is 3.96. The van der Waals surface area contributed by atoms with Gasteiger partial charge in [-0.2, -0.15) is 0 Å². The summed E-state index contributed by atoms with van der Waals surface area (Å²) in [6.07, 6.45) is 10.7. The first kappa shape index (κ1) is 14.3. The van der Waals surface area contributed by atoms with Crippen LogP contribution in [-0.2, 0) is 0 Å². The molecular weight excluding hydrogens is 320 g/mol. The van der Waals surface area contributed by atoms with Crippen LogP contribution < -0.4 is 0 Å². The predicted octanol–water partition coefficient (Wildman–Crippen LogP) is 6.35. The smallest absolute Gasteiger partial charge is 0.0175 e. The average Bonchev–Trinajstić information content (AvgIpc) is 2.96. The van der Waals surface area contributed by atoms with Gasteiger partial charge in [0.2, 0.25) is 0 Å². The van der Waals surface area contributed by atoms with Crippen LogP contribution in [0.3, 0.4) is 0 Å². The first-order chi connectivity index (χ1) is 10.3. The van der Waals surface area contributed by atoms with Gasteiger partial charge in [-0.15, -0.1) is 0 Å². The first-order valence-electron chi connectivity index (χ1n) is 7.48. The molecular formula is C20H19Br. The van der Waals surface area contributed by atoms with Crippen molar-refractivity contribution in [3.05, 3.63) is 81.8 Å². The topological polar surface area (TPSA) is 0 Å². The lowest BCUT2D eigenvalue weighted by Crippen LogP contribution is -1.85. The summed E-state index contributed by atoms with van der Waals surface area (Å²) in [4.78, 5) is 0. The van der Waals surface area contributed by atoms with Crippen molar-refractivity contribution in [3.8, 4) is 0 Å². The quantitative estimate of drug-likeness (QED) is 0.611. The van der Waals surface area contributed by atoms with Crippen LogP contribution in [0.4, 0.5) is 0 Å². The number of hydrogen-bond donors (Lipinski definition) is 0. The second-order valence-corrected chi connectivity index (χ2v) is 6.54. The molecule has 0 N–H and O–H groups in total. The van der Waals surface area contributed by atoms with E-state index in [1.807, 2.05) is 0 Å². The van der Waals surface area contributed by atoms with E-state index < -0.39 is 0 Å². The third-order valence-corrected chi connectivity index (χ3v) is 4.49. The monoisotopic (exact) mass is 338 g/mol. The van der Waals surface area contributed by atoms with E-state index in [4.69, 9.17) is 0 Å². The molecule has 0 amide bonds. The molecule has 0 heterocycles. The van der Waals surface area contributed by atoms with E-state index in [1.165, 1.54) is 30.4 Å². The highest BCUT2D eigenvalue weighted by atomic mass is 79.9. The second kappa shape index (κ2) is 6.91. The van der Waals surface area contributed by atoms with Gasteiger partial charge < -0.3 is 0 Å². The number of rotatable bonds is 3. The standard InChI is InChI=1S/C20H19Br/c21-20-12-10-18(11-13-20)15-19-9-8-17(14-19)7-6-16-4-2-1-3-5-16/h1-7,10-13,15,17H,8-9,14H2/b7-6-,19-15-. The first-order valence-corrected chi connectivity index (χ1v) is 8.27. The Kier molecular flexibility index (Phi) is 4.72. The van der Waals surface area contributed by atoms with Gasteiger partial charge in [-0.25, -0.2) is 0 Å². The van der Waals surface area contributed by atoms with Crippen molar-refractivity contribution in [2.75, 3.05) is 0 Å². The Morgan fingerprint density at radius 1 is 0.905 bits per heavy atom. The second-order valence-electron chi connectivity index (χ2n) is 5.63. The Morgan fingerprint density at radius 3 is 2.43 bits per heavy atom. The Bertz CT molecular complexity index is 635. The van der Waals surface area contributed by atoms with Crippen LogP contribution in [0.15, 0.2) is 70.7 Å². The molecule has 21 heavy (non-hydrogen) atoms. The summed E-state index contributed by atoms with van der Waals surface area (Å²) in [6, 6.07) is 19.1. The minimum Gasteiger partial charge on any atom is -0.0805 e. The van der Waals surface area contributed by atoms with Gasteiger partial charge in [0.05, 0.1) is 0 Å². The number of hydrogen-bond acceptors (Lipinski definition) is 0. The fraction of sp³-hybridized carbons (Fsp3) is 0.200. The minimum absolute atomic E-state index is 0.687. The van der Waals surface area contributed by atoms with E-state index in [0.29, 0.717) is 5.92 Å². The Labute approximate surface area is 135 Å². The van der Waals surface area contributed by atoms with Crippen molar-refractivity contribution in [3.63, 3.8) is 0 Å². The van der Waals surface area contributed by atoms with Crippen molar-refractivity contribution in [1.82, 2.24) is 0 Å². The number of halogens is 1. The molecule has 0 aromatic heterocycles. The molecule has 0 bridgehead atoms. The largest absolute Gasteiger partial charge is 0.0805 e. The lowest BCUT2D eigenvalue weighted by Gasteiger charge is -2.01.